The SMILES string of the molecule is Cc1cc(C=CC(=O)N2CCN(Cc3ccc(CCOc4ccccc4Cl)cc3)CC2)cc(Cl)c1Oc1ccc(OCc2ccccc2Cl)cn1.Cl. The maximum absolute atomic E-state index is 13.0. The average Bonchev–Trinajstić information content (AvgIpc) is 3.14. The van der Waals surface area contributed by atoms with Crippen molar-refractivity contribution in [2.45, 2.75) is 26.5 Å². The number of benzene rings is 4. The third kappa shape index (κ3) is 10.9. The van der Waals surface area contributed by atoms with E-state index in [2.05, 4.69) is 34.1 Å². The lowest BCUT2D eigenvalue weighted by Gasteiger charge is -2.34. The van der Waals surface area contributed by atoms with Gasteiger partial charge in [0.05, 0.1) is 22.8 Å². The standard InChI is InChI=1S/C41H38Cl3N3O4.ClH/c1-29-24-32(25-37(44)41(29)51-39-16-15-34(26-45-39)50-28-33-6-2-3-7-35(33)42)14-17-40(48)47-21-19-46(20-22-47)27-31-12-10-30(11-13-31)18-23-49-38-9-5-4-8-36(38)43;/h2-17,24-26H,18-23,27-28H2,1H3;1H. The summed E-state index contributed by atoms with van der Waals surface area (Å²) in [4.78, 5) is 21.7. The number of aromatic nitrogens is 1. The summed E-state index contributed by atoms with van der Waals surface area (Å²) in [5.41, 5.74) is 4.99. The molecule has 0 aliphatic carbocycles. The predicted molar refractivity (Wildman–Crippen MR) is 212 cm³/mol. The van der Waals surface area contributed by atoms with Crippen molar-refractivity contribution in [1.29, 1.82) is 0 Å². The molecule has 270 valence electrons. The predicted octanol–water partition coefficient (Wildman–Crippen LogP) is 10.1. The molecule has 1 saturated heterocycles. The minimum absolute atomic E-state index is 0. The van der Waals surface area contributed by atoms with Gasteiger partial charge in [0, 0.05) is 61.9 Å². The van der Waals surface area contributed by atoms with Crippen molar-refractivity contribution in [2.75, 3.05) is 32.8 Å². The molecule has 11 heteroatoms. The normalized spacial score (nSPS) is 13.1. The molecule has 52 heavy (non-hydrogen) atoms. The number of piperazine rings is 1. The van der Waals surface area contributed by atoms with Gasteiger partial charge in [0.1, 0.15) is 18.1 Å². The van der Waals surface area contributed by atoms with E-state index < -0.39 is 0 Å². The van der Waals surface area contributed by atoms with Crippen LogP contribution in [0.2, 0.25) is 15.1 Å². The van der Waals surface area contributed by atoms with Crippen molar-refractivity contribution in [1.82, 2.24) is 14.8 Å². The fourth-order valence-electron chi connectivity index (χ4n) is 5.69. The molecule has 5 aromatic rings. The molecule has 1 fully saturated rings. The highest BCUT2D eigenvalue weighted by atomic mass is 35.5. The van der Waals surface area contributed by atoms with Crippen LogP contribution < -0.4 is 14.2 Å². The van der Waals surface area contributed by atoms with E-state index in [-0.39, 0.29) is 18.3 Å². The summed E-state index contributed by atoms with van der Waals surface area (Å²) >= 11 is 19.0. The highest BCUT2D eigenvalue weighted by molar-refractivity contribution is 6.32. The minimum Gasteiger partial charge on any atom is -0.492 e. The van der Waals surface area contributed by atoms with Gasteiger partial charge in [-0.15, -0.1) is 12.4 Å². The van der Waals surface area contributed by atoms with E-state index in [4.69, 9.17) is 49.0 Å². The van der Waals surface area contributed by atoms with E-state index in [1.807, 2.05) is 66.4 Å². The fraction of sp³-hybridized carbons (Fsp3) is 0.220. The molecule has 1 aromatic heterocycles. The summed E-state index contributed by atoms with van der Waals surface area (Å²) in [6.45, 7) is 6.62. The van der Waals surface area contributed by atoms with Crippen LogP contribution in [-0.2, 0) is 24.4 Å². The van der Waals surface area contributed by atoms with Crippen LogP contribution in [-0.4, -0.2) is 53.5 Å². The molecule has 1 amide bonds. The molecular weight excluding hydrogens is 740 g/mol. The number of halogens is 4. The molecular formula is C41H39Cl4N3O4. The van der Waals surface area contributed by atoms with Gasteiger partial charge >= 0.3 is 0 Å². The summed E-state index contributed by atoms with van der Waals surface area (Å²) in [7, 11) is 0. The van der Waals surface area contributed by atoms with E-state index >= 15 is 0 Å². The number of pyridine rings is 1. The number of amides is 1. The first kappa shape index (κ1) is 39.0. The van der Waals surface area contributed by atoms with Gasteiger partial charge in [0.25, 0.3) is 0 Å². The number of rotatable bonds is 13. The number of hydrogen-bond acceptors (Lipinski definition) is 6. The van der Waals surface area contributed by atoms with Gasteiger partial charge in [-0.2, -0.15) is 0 Å². The van der Waals surface area contributed by atoms with Crippen LogP contribution in [0.5, 0.6) is 23.1 Å². The molecule has 0 bridgehead atoms. The van der Waals surface area contributed by atoms with Crippen LogP contribution >= 0.6 is 47.2 Å². The van der Waals surface area contributed by atoms with E-state index in [9.17, 15) is 4.79 Å². The Balaban J connectivity index is 0.00000523. The molecule has 2 heterocycles. The Kier molecular flexibility index (Phi) is 14.3. The van der Waals surface area contributed by atoms with Crippen molar-refractivity contribution in [3.05, 3.63) is 152 Å². The number of ether oxygens (including phenoxy) is 3. The summed E-state index contributed by atoms with van der Waals surface area (Å²) in [6.07, 6.45) is 5.80. The molecule has 0 unspecified atom stereocenters. The van der Waals surface area contributed by atoms with Crippen molar-refractivity contribution in [3.8, 4) is 23.1 Å². The van der Waals surface area contributed by atoms with E-state index in [0.717, 1.165) is 42.7 Å². The second-order valence-corrected chi connectivity index (χ2v) is 13.5. The Labute approximate surface area is 326 Å². The van der Waals surface area contributed by atoms with Crippen LogP contribution in [0.3, 0.4) is 0 Å². The molecule has 0 radical (unpaired) electrons. The molecule has 0 saturated carbocycles. The Morgan fingerprint density at radius 3 is 2.21 bits per heavy atom. The largest absolute Gasteiger partial charge is 0.492 e. The fourth-order valence-corrected chi connectivity index (χ4v) is 6.38. The van der Waals surface area contributed by atoms with Gasteiger partial charge in [-0.05, 0) is 71.7 Å². The molecule has 6 rings (SSSR count). The molecule has 0 N–H and O–H groups in total. The number of carbonyl (C=O) groups is 1. The van der Waals surface area contributed by atoms with E-state index in [1.54, 1.807) is 36.5 Å². The van der Waals surface area contributed by atoms with Gasteiger partial charge in [-0.3, -0.25) is 9.69 Å². The first-order chi connectivity index (χ1) is 24.8. The second kappa shape index (κ2) is 19.0. The minimum atomic E-state index is -0.0202. The number of nitrogens with zero attached hydrogens (tertiary/aromatic N) is 3. The summed E-state index contributed by atoms with van der Waals surface area (Å²) < 4.78 is 17.6. The monoisotopic (exact) mass is 777 g/mol. The van der Waals surface area contributed by atoms with Gasteiger partial charge in [-0.25, -0.2) is 4.98 Å². The lowest BCUT2D eigenvalue weighted by molar-refractivity contribution is -0.127. The highest BCUT2D eigenvalue weighted by Crippen LogP contribution is 2.34. The maximum atomic E-state index is 13.0. The number of carbonyl (C=O) groups excluding carboxylic acids is 1. The van der Waals surface area contributed by atoms with E-state index in [1.165, 1.54) is 11.1 Å². The molecule has 1 aliphatic heterocycles. The Morgan fingerprint density at radius 1 is 0.808 bits per heavy atom. The van der Waals surface area contributed by atoms with Crippen LogP contribution in [0.25, 0.3) is 6.08 Å². The molecule has 4 aromatic carbocycles. The topological polar surface area (TPSA) is 64.1 Å². The van der Waals surface area contributed by atoms with Crippen molar-refractivity contribution in [3.63, 3.8) is 0 Å². The van der Waals surface area contributed by atoms with Gasteiger partial charge in [-0.1, -0.05) is 89.4 Å². The zero-order valence-corrected chi connectivity index (χ0v) is 31.7. The highest BCUT2D eigenvalue weighted by Gasteiger charge is 2.20. The lowest BCUT2D eigenvalue weighted by atomic mass is 10.1. The third-order valence-corrected chi connectivity index (χ3v) is 9.50. The molecule has 7 nitrogen and oxygen atoms in total. The maximum Gasteiger partial charge on any atom is 0.246 e. The number of hydrogen-bond donors (Lipinski definition) is 0. The zero-order chi connectivity index (χ0) is 35.6. The quantitative estimate of drug-likeness (QED) is 0.111. The Hall–Kier alpha value is -4.24. The first-order valence-electron chi connectivity index (χ1n) is 16.8. The smallest absolute Gasteiger partial charge is 0.246 e. The van der Waals surface area contributed by atoms with Crippen molar-refractivity contribution < 1.29 is 19.0 Å². The molecule has 1 aliphatic rings. The number of aryl methyl sites for hydroxylation is 1. The zero-order valence-electron chi connectivity index (χ0n) is 28.6. The van der Waals surface area contributed by atoms with Crippen LogP contribution in [0.4, 0.5) is 0 Å². The third-order valence-electron chi connectivity index (χ3n) is 8.54. The van der Waals surface area contributed by atoms with Crippen LogP contribution in [0.15, 0.2) is 109 Å². The summed E-state index contributed by atoms with van der Waals surface area (Å²) in [5, 5.41) is 1.70. The average molecular weight is 780 g/mol. The first-order valence-corrected chi connectivity index (χ1v) is 17.9. The summed E-state index contributed by atoms with van der Waals surface area (Å²) in [5.74, 6) is 2.17. The van der Waals surface area contributed by atoms with Crippen molar-refractivity contribution in [2.24, 2.45) is 0 Å². The Morgan fingerprint density at radius 2 is 1.52 bits per heavy atom. The molecule has 0 spiro atoms. The van der Waals surface area contributed by atoms with E-state index in [0.29, 0.717) is 64.5 Å². The van der Waals surface area contributed by atoms with Gasteiger partial charge < -0.3 is 19.1 Å². The lowest BCUT2D eigenvalue weighted by Crippen LogP contribution is -2.47. The summed E-state index contributed by atoms with van der Waals surface area (Å²) in [6, 6.07) is 30.9. The van der Waals surface area contributed by atoms with Crippen molar-refractivity contribution >= 4 is 59.2 Å². The number of para-hydroxylation sites is 1. The molecule has 0 atom stereocenters. The second-order valence-electron chi connectivity index (χ2n) is 12.2. The van der Waals surface area contributed by atoms with Gasteiger partial charge in [0.2, 0.25) is 11.8 Å². The van der Waals surface area contributed by atoms with Gasteiger partial charge in [0.15, 0.2) is 5.75 Å². The van der Waals surface area contributed by atoms with Crippen LogP contribution in [0, 0.1) is 6.92 Å². The van der Waals surface area contributed by atoms with Crippen LogP contribution in [0.1, 0.15) is 27.8 Å². The Bertz CT molecular complexity index is 1940.